The van der Waals surface area contributed by atoms with E-state index in [9.17, 15) is 4.79 Å². The van der Waals surface area contributed by atoms with E-state index < -0.39 is 0 Å². The van der Waals surface area contributed by atoms with Crippen molar-refractivity contribution < 1.29 is 9.53 Å². The first-order valence-corrected chi connectivity index (χ1v) is 7.09. The van der Waals surface area contributed by atoms with E-state index in [0.29, 0.717) is 12.3 Å². The van der Waals surface area contributed by atoms with Crippen molar-refractivity contribution in [2.24, 2.45) is 5.92 Å². The van der Waals surface area contributed by atoms with Crippen molar-refractivity contribution in [1.29, 1.82) is 0 Å². The van der Waals surface area contributed by atoms with Gasteiger partial charge in [-0.2, -0.15) is 0 Å². The second-order valence-electron chi connectivity index (χ2n) is 5.33. The van der Waals surface area contributed by atoms with Gasteiger partial charge in [0, 0.05) is 13.0 Å². The van der Waals surface area contributed by atoms with Crippen LogP contribution in [0.1, 0.15) is 32.1 Å². The van der Waals surface area contributed by atoms with Crippen molar-refractivity contribution >= 4 is 11.5 Å². The number of hydrogen-bond donors (Lipinski definition) is 0. The van der Waals surface area contributed by atoms with E-state index >= 15 is 0 Å². The third-order valence-corrected chi connectivity index (χ3v) is 3.95. The maximum Gasteiger partial charge on any atom is 0.155 e. The summed E-state index contributed by atoms with van der Waals surface area (Å²) in [6.07, 6.45) is 5.83. The maximum atomic E-state index is 12.3. The number of para-hydroxylation sites is 2. The van der Waals surface area contributed by atoms with E-state index in [2.05, 4.69) is 0 Å². The van der Waals surface area contributed by atoms with Gasteiger partial charge >= 0.3 is 0 Å². The maximum absolute atomic E-state index is 12.3. The molecule has 1 fully saturated rings. The molecule has 0 radical (unpaired) electrons. The summed E-state index contributed by atoms with van der Waals surface area (Å²) >= 11 is 0. The lowest BCUT2D eigenvalue weighted by Gasteiger charge is -2.25. The van der Waals surface area contributed by atoms with Crippen molar-refractivity contribution in [2.45, 2.75) is 32.1 Å². The van der Waals surface area contributed by atoms with E-state index in [-0.39, 0.29) is 5.92 Å². The number of hydrogen-bond acceptors (Lipinski definition) is 3. The number of Topliss-reactive ketones (excluding diaryl/α,β-unsaturated/α-hetero) is 1. The molecule has 1 aliphatic carbocycles. The Balaban J connectivity index is 1.99. The number of carbonyl (C=O) groups is 1. The van der Waals surface area contributed by atoms with Crippen LogP contribution in [0.4, 0.5) is 5.69 Å². The summed E-state index contributed by atoms with van der Waals surface area (Å²) in [6, 6.07) is 7.84. The first-order valence-electron chi connectivity index (χ1n) is 7.09. The summed E-state index contributed by atoms with van der Waals surface area (Å²) in [4.78, 5) is 14.3. The van der Waals surface area contributed by atoms with Crippen LogP contribution >= 0.6 is 0 Å². The smallest absolute Gasteiger partial charge is 0.155 e. The van der Waals surface area contributed by atoms with Crippen LogP contribution in [0.25, 0.3) is 0 Å². The van der Waals surface area contributed by atoms with Crippen LogP contribution in [0.5, 0.6) is 5.75 Å². The van der Waals surface area contributed by atoms with Gasteiger partial charge in [-0.15, -0.1) is 0 Å². The van der Waals surface area contributed by atoms with Gasteiger partial charge in [0.2, 0.25) is 0 Å². The SMILES string of the molecule is COc1ccccc1N(C)CC(=O)C1CCCCC1. The lowest BCUT2D eigenvalue weighted by Crippen LogP contribution is -2.31. The zero-order chi connectivity index (χ0) is 13.7. The second kappa shape index (κ2) is 6.60. The van der Waals surface area contributed by atoms with E-state index in [1.165, 1.54) is 19.3 Å². The van der Waals surface area contributed by atoms with Gasteiger partial charge in [-0.1, -0.05) is 31.4 Å². The summed E-state index contributed by atoms with van der Waals surface area (Å²) in [7, 11) is 3.62. The Morgan fingerprint density at radius 1 is 1.26 bits per heavy atom. The highest BCUT2D eigenvalue weighted by Gasteiger charge is 2.22. The molecule has 1 aromatic carbocycles. The summed E-state index contributed by atoms with van der Waals surface area (Å²) in [5.41, 5.74) is 0.981. The fourth-order valence-corrected chi connectivity index (χ4v) is 2.82. The Bertz CT molecular complexity index is 425. The number of carbonyl (C=O) groups excluding carboxylic acids is 1. The highest BCUT2D eigenvalue weighted by molar-refractivity contribution is 5.86. The largest absolute Gasteiger partial charge is 0.495 e. The molecule has 2 rings (SSSR count). The number of nitrogens with zero attached hydrogens (tertiary/aromatic N) is 1. The Kier molecular flexibility index (Phi) is 4.83. The molecule has 1 aromatic rings. The Labute approximate surface area is 115 Å². The normalized spacial score (nSPS) is 16.1. The number of rotatable bonds is 5. The van der Waals surface area contributed by atoms with Crippen molar-refractivity contribution in [3.63, 3.8) is 0 Å². The molecule has 0 amide bonds. The van der Waals surface area contributed by atoms with Gasteiger partial charge < -0.3 is 9.64 Å². The zero-order valence-electron chi connectivity index (χ0n) is 11.9. The Hall–Kier alpha value is -1.51. The van der Waals surface area contributed by atoms with Crippen LogP contribution in [-0.4, -0.2) is 26.5 Å². The highest BCUT2D eigenvalue weighted by Crippen LogP contribution is 2.28. The van der Waals surface area contributed by atoms with E-state index in [1.807, 2.05) is 36.2 Å². The summed E-state index contributed by atoms with van der Waals surface area (Å²) < 4.78 is 5.34. The average Bonchev–Trinajstić information content (AvgIpc) is 2.48. The molecule has 1 aliphatic rings. The molecule has 0 atom stereocenters. The molecule has 1 saturated carbocycles. The van der Waals surface area contributed by atoms with Crippen molar-refractivity contribution in [3.05, 3.63) is 24.3 Å². The zero-order valence-corrected chi connectivity index (χ0v) is 11.9. The first-order chi connectivity index (χ1) is 9.22. The van der Waals surface area contributed by atoms with Crippen LogP contribution in [0, 0.1) is 5.92 Å². The lowest BCUT2D eigenvalue weighted by atomic mass is 9.86. The van der Waals surface area contributed by atoms with Gasteiger partial charge in [-0.3, -0.25) is 4.79 Å². The topological polar surface area (TPSA) is 29.5 Å². The molecule has 0 spiro atoms. The molecule has 0 heterocycles. The van der Waals surface area contributed by atoms with Gasteiger partial charge in [0.15, 0.2) is 5.78 Å². The predicted octanol–water partition coefficient (Wildman–Crippen LogP) is 3.28. The minimum absolute atomic E-state index is 0.269. The van der Waals surface area contributed by atoms with Gasteiger partial charge in [0.1, 0.15) is 5.75 Å². The van der Waals surface area contributed by atoms with Crippen molar-refractivity contribution in [2.75, 3.05) is 25.6 Å². The van der Waals surface area contributed by atoms with Crippen LogP contribution in [0.2, 0.25) is 0 Å². The third-order valence-electron chi connectivity index (χ3n) is 3.95. The third kappa shape index (κ3) is 3.49. The molecule has 3 heteroatoms. The number of ketones is 1. The minimum atomic E-state index is 0.269. The highest BCUT2D eigenvalue weighted by atomic mass is 16.5. The van der Waals surface area contributed by atoms with E-state index in [4.69, 9.17) is 4.74 Å². The molecule has 0 aliphatic heterocycles. The predicted molar refractivity (Wildman–Crippen MR) is 77.8 cm³/mol. The van der Waals surface area contributed by atoms with Crippen LogP contribution in [-0.2, 0) is 4.79 Å². The van der Waals surface area contributed by atoms with Crippen molar-refractivity contribution in [3.8, 4) is 5.75 Å². The lowest BCUT2D eigenvalue weighted by molar-refractivity contribution is -0.122. The van der Waals surface area contributed by atoms with Crippen LogP contribution in [0.3, 0.4) is 0 Å². The number of ether oxygens (including phenoxy) is 1. The molecule has 0 unspecified atom stereocenters. The second-order valence-corrected chi connectivity index (χ2v) is 5.33. The van der Waals surface area contributed by atoms with Crippen LogP contribution in [0.15, 0.2) is 24.3 Å². The molecular formula is C16H23NO2. The van der Waals surface area contributed by atoms with E-state index in [1.54, 1.807) is 7.11 Å². The molecule has 0 saturated heterocycles. The molecular weight excluding hydrogens is 238 g/mol. The number of benzene rings is 1. The molecule has 3 nitrogen and oxygen atoms in total. The van der Waals surface area contributed by atoms with Gasteiger partial charge in [0.25, 0.3) is 0 Å². The molecule has 0 bridgehead atoms. The Morgan fingerprint density at radius 2 is 1.95 bits per heavy atom. The molecule has 0 aromatic heterocycles. The van der Waals surface area contributed by atoms with Gasteiger partial charge in [0.05, 0.1) is 19.3 Å². The van der Waals surface area contributed by atoms with Crippen LogP contribution < -0.4 is 9.64 Å². The fourth-order valence-electron chi connectivity index (χ4n) is 2.82. The summed E-state index contributed by atoms with van der Waals surface area (Å²) in [5.74, 6) is 1.46. The summed E-state index contributed by atoms with van der Waals surface area (Å²) in [6.45, 7) is 0.477. The minimum Gasteiger partial charge on any atom is -0.495 e. The van der Waals surface area contributed by atoms with Gasteiger partial charge in [-0.05, 0) is 25.0 Å². The Morgan fingerprint density at radius 3 is 2.63 bits per heavy atom. The molecule has 19 heavy (non-hydrogen) atoms. The number of anilines is 1. The quantitative estimate of drug-likeness (QED) is 0.814. The first kappa shape index (κ1) is 13.9. The molecule has 0 N–H and O–H groups in total. The fraction of sp³-hybridized carbons (Fsp3) is 0.562. The van der Waals surface area contributed by atoms with E-state index in [0.717, 1.165) is 24.3 Å². The number of methoxy groups -OCH3 is 1. The molecule has 104 valence electrons. The standard InChI is InChI=1S/C16H23NO2/c1-17(14-10-6-7-11-16(14)19-2)12-15(18)13-8-4-3-5-9-13/h6-7,10-11,13H,3-5,8-9,12H2,1-2H3. The summed E-state index contributed by atoms with van der Waals surface area (Å²) in [5, 5.41) is 0. The number of likely N-dealkylation sites (N-methyl/N-ethyl adjacent to an activating group) is 1. The average molecular weight is 261 g/mol. The van der Waals surface area contributed by atoms with Gasteiger partial charge in [-0.25, -0.2) is 0 Å². The van der Waals surface area contributed by atoms with Crippen molar-refractivity contribution in [1.82, 2.24) is 0 Å². The monoisotopic (exact) mass is 261 g/mol.